The maximum Gasteiger partial charge on any atom is 0.240 e. The molecule has 0 fully saturated rings. The highest BCUT2D eigenvalue weighted by Crippen LogP contribution is 2.49. The smallest absolute Gasteiger partial charge is 0.240 e. The van der Waals surface area contributed by atoms with Gasteiger partial charge in [-0.2, -0.15) is 5.10 Å². The minimum Gasteiger partial charge on any atom is -0.497 e. The number of anilines is 1. The van der Waals surface area contributed by atoms with Crippen LogP contribution < -0.4 is 24.4 Å². The SMILES string of the molecule is CC[C@H](C)NC(=O)CN1C(=O)CS[C@H](c2ccc3c(c2)OCO3)c2c(C(C)(C)C)nn(-c3ccc(OC)cc3)c21. The monoisotopic (exact) mass is 564 g/mol. The van der Waals surface area contributed by atoms with Crippen LogP contribution in [-0.4, -0.2) is 53.8 Å². The average molecular weight is 565 g/mol. The second-order valence-electron chi connectivity index (χ2n) is 11.1. The van der Waals surface area contributed by atoms with Gasteiger partial charge in [-0.3, -0.25) is 14.5 Å². The van der Waals surface area contributed by atoms with E-state index in [1.807, 2.05) is 56.3 Å². The van der Waals surface area contributed by atoms with E-state index in [0.29, 0.717) is 23.1 Å². The van der Waals surface area contributed by atoms with E-state index in [1.165, 1.54) is 11.8 Å². The number of ether oxygens (including phenoxy) is 3. The Bertz CT molecular complexity index is 1410. The van der Waals surface area contributed by atoms with E-state index >= 15 is 0 Å². The van der Waals surface area contributed by atoms with Gasteiger partial charge < -0.3 is 19.5 Å². The fourth-order valence-corrected chi connectivity index (χ4v) is 6.07. The molecular weight excluding hydrogens is 528 g/mol. The van der Waals surface area contributed by atoms with E-state index in [4.69, 9.17) is 19.3 Å². The molecule has 9 nitrogen and oxygen atoms in total. The van der Waals surface area contributed by atoms with Gasteiger partial charge >= 0.3 is 0 Å². The maximum atomic E-state index is 13.8. The molecule has 1 N–H and O–H groups in total. The molecule has 0 unspecified atom stereocenters. The van der Waals surface area contributed by atoms with Crippen molar-refractivity contribution in [1.29, 1.82) is 0 Å². The van der Waals surface area contributed by atoms with Crippen LogP contribution in [0.4, 0.5) is 5.82 Å². The van der Waals surface area contributed by atoms with Gasteiger partial charge in [0.1, 0.15) is 18.1 Å². The zero-order valence-corrected chi connectivity index (χ0v) is 24.6. The van der Waals surface area contributed by atoms with Crippen LogP contribution in [0.25, 0.3) is 5.69 Å². The van der Waals surface area contributed by atoms with Crippen LogP contribution in [0.5, 0.6) is 17.2 Å². The molecule has 0 aliphatic carbocycles. The van der Waals surface area contributed by atoms with Crippen LogP contribution in [-0.2, 0) is 15.0 Å². The van der Waals surface area contributed by atoms with Gasteiger partial charge in [-0.15, -0.1) is 11.8 Å². The quantitative estimate of drug-likeness (QED) is 0.432. The number of carbonyl (C=O) groups is 2. The van der Waals surface area contributed by atoms with Crippen LogP contribution >= 0.6 is 11.8 Å². The molecule has 0 radical (unpaired) electrons. The van der Waals surface area contributed by atoms with Gasteiger partial charge in [0.25, 0.3) is 0 Å². The Labute approximate surface area is 239 Å². The number of methoxy groups -OCH3 is 1. The van der Waals surface area contributed by atoms with Crippen molar-refractivity contribution >= 4 is 29.4 Å². The number of thioether (sulfide) groups is 1. The lowest BCUT2D eigenvalue weighted by molar-refractivity contribution is -0.123. The van der Waals surface area contributed by atoms with Gasteiger partial charge in [0.15, 0.2) is 11.5 Å². The second kappa shape index (κ2) is 11.1. The van der Waals surface area contributed by atoms with Crippen LogP contribution in [0.2, 0.25) is 0 Å². The van der Waals surface area contributed by atoms with Crippen LogP contribution in [0.1, 0.15) is 63.1 Å². The molecule has 40 heavy (non-hydrogen) atoms. The second-order valence-corrected chi connectivity index (χ2v) is 12.2. The summed E-state index contributed by atoms with van der Waals surface area (Å²) >= 11 is 1.53. The highest BCUT2D eigenvalue weighted by atomic mass is 32.2. The van der Waals surface area contributed by atoms with Gasteiger partial charge in [0.05, 0.1) is 29.5 Å². The van der Waals surface area contributed by atoms with Crippen molar-refractivity contribution in [3.63, 3.8) is 0 Å². The Morgan fingerprint density at radius 3 is 2.58 bits per heavy atom. The number of rotatable bonds is 7. The first-order valence-corrected chi connectivity index (χ1v) is 14.5. The molecule has 0 saturated heterocycles. The summed E-state index contributed by atoms with van der Waals surface area (Å²) in [5.41, 5.74) is 3.16. The first kappa shape index (κ1) is 27.9. The standard InChI is InChI=1S/C30H36N4O5S/c1-7-18(2)31-24(35)15-33-25(36)16-40-27(19-8-13-22-23(14-19)39-17-38-22)26-28(30(3,4)5)32-34(29(26)33)20-9-11-21(37-6)12-10-20/h8-14,18,27H,7,15-17H2,1-6H3,(H,31,35)/t18-,27+/m0/s1. The molecule has 2 amide bonds. The number of hydrogen-bond acceptors (Lipinski definition) is 7. The third-order valence-corrected chi connectivity index (χ3v) is 8.39. The Morgan fingerprint density at radius 2 is 1.90 bits per heavy atom. The molecule has 212 valence electrons. The van der Waals surface area contributed by atoms with Crippen molar-refractivity contribution in [2.75, 3.05) is 31.1 Å². The summed E-state index contributed by atoms with van der Waals surface area (Å²) in [6, 6.07) is 13.5. The third kappa shape index (κ3) is 5.37. The Kier molecular flexibility index (Phi) is 7.72. The van der Waals surface area contributed by atoms with Gasteiger partial charge in [0.2, 0.25) is 18.6 Å². The normalized spacial score (nSPS) is 17.3. The van der Waals surface area contributed by atoms with Crippen LogP contribution in [0, 0.1) is 0 Å². The zero-order valence-electron chi connectivity index (χ0n) is 23.8. The number of fused-ring (bicyclic) bond motifs is 2. The number of nitrogens with zero attached hydrogens (tertiary/aromatic N) is 3. The van der Waals surface area contributed by atoms with Gasteiger partial charge in [-0.05, 0) is 55.3 Å². The molecule has 2 aromatic carbocycles. The fourth-order valence-electron chi connectivity index (χ4n) is 4.88. The lowest BCUT2D eigenvalue weighted by Crippen LogP contribution is -2.44. The van der Waals surface area contributed by atoms with Crippen LogP contribution in [0.15, 0.2) is 42.5 Å². The van der Waals surface area contributed by atoms with E-state index < -0.39 is 0 Å². The summed E-state index contributed by atoms with van der Waals surface area (Å²) in [7, 11) is 1.62. The predicted octanol–water partition coefficient (Wildman–Crippen LogP) is 4.99. The van der Waals surface area contributed by atoms with E-state index in [1.54, 1.807) is 16.7 Å². The Balaban J connectivity index is 1.72. The first-order valence-electron chi connectivity index (χ1n) is 13.5. The van der Waals surface area contributed by atoms with Crippen molar-refractivity contribution in [2.45, 2.75) is 57.7 Å². The molecule has 10 heteroatoms. The highest BCUT2D eigenvalue weighted by molar-refractivity contribution is 8.00. The minimum atomic E-state index is -0.352. The van der Waals surface area contributed by atoms with Crippen molar-refractivity contribution in [1.82, 2.24) is 15.1 Å². The van der Waals surface area contributed by atoms with Gasteiger partial charge in [0, 0.05) is 17.0 Å². The van der Waals surface area contributed by atoms with Crippen molar-refractivity contribution in [3.8, 4) is 22.9 Å². The summed E-state index contributed by atoms with van der Waals surface area (Å²) < 4.78 is 18.4. The molecule has 0 saturated carbocycles. The number of benzene rings is 2. The molecule has 5 rings (SSSR count). The molecule has 2 aliphatic rings. The lowest BCUT2D eigenvalue weighted by Gasteiger charge is -2.25. The summed E-state index contributed by atoms with van der Waals surface area (Å²) in [5, 5.41) is 7.92. The number of aromatic nitrogens is 2. The molecule has 3 aromatic rings. The largest absolute Gasteiger partial charge is 0.497 e. The third-order valence-electron chi connectivity index (χ3n) is 7.14. The van der Waals surface area contributed by atoms with Crippen molar-refractivity contribution < 1.29 is 23.8 Å². The average Bonchev–Trinajstić information content (AvgIpc) is 3.53. The molecule has 2 aliphatic heterocycles. The molecule has 3 heterocycles. The summed E-state index contributed by atoms with van der Waals surface area (Å²) in [5.74, 6) is 2.55. The first-order chi connectivity index (χ1) is 19.1. The van der Waals surface area contributed by atoms with E-state index in [-0.39, 0.29) is 47.6 Å². The van der Waals surface area contributed by atoms with Crippen LogP contribution in [0.3, 0.4) is 0 Å². The van der Waals surface area contributed by atoms with E-state index in [2.05, 4.69) is 26.1 Å². The molecular formula is C30H36N4O5S. The van der Waals surface area contributed by atoms with E-state index in [0.717, 1.165) is 28.9 Å². The lowest BCUT2D eigenvalue weighted by atomic mass is 9.87. The molecule has 0 spiro atoms. The number of amides is 2. The maximum absolute atomic E-state index is 13.8. The molecule has 2 atom stereocenters. The zero-order chi connectivity index (χ0) is 28.6. The molecule has 1 aromatic heterocycles. The predicted molar refractivity (Wildman–Crippen MR) is 156 cm³/mol. The fraction of sp³-hybridized carbons (Fsp3) is 0.433. The van der Waals surface area contributed by atoms with Gasteiger partial charge in [-0.1, -0.05) is 33.8 Å². The Morgan fingerprint density at radius 1 is 1.18 bits per heavy atom. The van der Waals surface area contributed by atoms with Crippen molar-refractivity contribution in [3.05, 3.63) is 59.3 Å². The van der Waals surface area contributed by atoms with Gasteiger partial charge in [-0.25, -0.2) is 4.68 Å². The van der Waals surface area contributed by atoms with Crippen molar-refractivity contribution in [2.24, 2.45) is 0 Å². The summed E-state index contributed by atoms with van der Waals surface area (Å²) in [6.45, 7) is 10.4. The summed E-state index contributed by atoms with van der Waals surface area (Å²) in [6.07, 6.45) is 0.797. The molecule has 0 bridgehead atoms. The number of nitrogens with one attached hydrogen (secondary N) is 1. The summed E-state index contributed by atoms with van der Waals surface area (Å²) in [4.78, 5) is 28.6. The highest BCUT2D eigenvalue weighted by Gasteiger charge is 2.40. The number of hydrogen-bond donors (Lipinski definition) is 1. The van der Waals surface area contributed by atoms with E-state index in [9.17, 15) is 9.59 Å². The number of carbonyl (C=O) groups excluding carboxylic acids is 2. The minimum absolute atomic E-state index is 0.00133. The Hall–Kier alpha value is -3.66. The topological polar surface area (TPSA) is 94.9 Å².